The molecule has 0 spiro atoms. The lowest BCUT2D eigenvalue weighted by Crippen LogP contribution is -2.13. The first kappa shape index (κ1) is 17.9. The molecule has 6 N–H and O–H groups in total. The van der Waals surface area contributed by atoms with Gasteiger partial charge in [0.2, 0.25) is 0 Å². The van der Waals surface area contributed by atoms with Crippen LogP contribution in [0.5, 0.6) is 0 Å². The van der Waals surface area contributed by atoms with Crippen molar-refractivity contribution in [3.63, 3.8) is 0 Å². The third-order valence-electron chi connectivity index (χ3n) is 0.916. The molecule has 0 saturated carbocycles. The Morgan fingerprint density at radius 3 is 1.42 bits per heavy atom. The number of halogens is 2. The Balaban J connectivity index is -0.000000405. The predicted molar refractivity (Wildman–Crippen MR) is 56.8 cm³/mol. The van der Waals surface area contributed by atoms with Crippen molar-refractivity contribution in [1.29, 1.82) is 0 Å². The van der Waals surface area contributed by atoms with E-state index in [2.05, 4.69) is 38.4 Å². The van der Waals surface area contributed by atoms with Gasteiger partial charge in [0, 0.05) is 0 Å². The van der Waals surface area contributed by atoms with Crippen molar-refractivity contribution >= 4 is 43.4 Å². The lowest BCUT2D eigenvalue weighted by atomic mass is 10.1. The highest BCUT2D eigenvalue weighted by Crippen LogP contribution is 2.00. The van der Waals surface area contributed by atoms with Crippen molar-refractivity contribution in [3.8, 4) is 0 Å². The summed E-state index contributed by atoms with van der Waals surface area (Å²) in [5.41, 5.74) is 0.0498. The van der Waals surface area contributed by atoms with Gasteiger partial charge in [-0.05, 0) is 0 Å². The Morgan fingerprint density at radius 2 is 1.25 bits per heavy atom. The number of carbonyl (C=O) groups excluding carboxylic acids is 2. The molecule has 0 rings (SSSR count). The van der Waals surface area contributed by atoms with Crippen LogP contribution in [0, 0.1) is 0 Å². The maximum Gasteiger partial charge on any atom is 0.176 e. The molecule has 0 radical (unpaired) electrons. The fourth-order valence-corrected chi connectivity index (χ4v) is 0.994. The van der Waals surface area contributed by atoms with Gasteiger partial charge >= 0.3 is 0 Å². The number of carbonyl (C=O) groups is 2. The van der Waals surface area contributed by atoms with Gasteiger partial charge in [-0.25, -0.2) is 0 Å². The number of rotatable bonds is 4. The lowest BCUT2D eigenvalue weighted by molar-refractivity contribution is -0.118. The molecule has 0 heterocycles. The van der Waals surface area contributed by atoms with E-state index in [4.69, 9.17) is 0 Å². The summed E-state index contributed by atoms with van der Waals surface area (Å²) in [5.74, 6) is -0.520. The number of hydrogen-bond donors (Lipinski definition) is 2. The zero-order valence-electron chi connectivity index (χ0n) is 6.61. The Hall–Kier alpha value is -0.0400. The minimum absolute atomic E-state index is 0. The first-order valence-corrected chi connectivity index (χ1v) is 4.75. The fraction of sp³-hybridized carbons (Fsp3) is 0.333. The summed E-state index contributed by atoms with van der Waals surface area (Å²) in [4.78, 5) is 21.4. The Labute approximate surface area is 88.2 Å². The molecule has 12 heavy (non-hydrogen) atoms. The van der Waals surface area contributed by atoms with Gasteiger partial charge in [0.15, 0.2) is 11.6 Å². The van der Waals surface area contributed by atoms with E-state index >= 15 is 0 Å². The maximum atomic E-state index is 10.7. The molecule has 0 unspecified atom stereocenters. The van der Waals surface area contributed by atoms with Gasteiger partial charge in [-0.2, -0.15) is 0 Å². The van der Waals surface area contributed by atoms with Gasteiger partial charge < -0.3 is 12.3 Å². The Kier molecular flexibility index (Phi) is 13.5. The second-order valence-corrected chi connectivity index (χ2v) is 2.71. The van der Waals surface area contributed by atoms with Crippen LogP contribution >= 0.6 is 31.9 Å². The highest BCUT2D eigenvalue weighted by Gasteiger charge is 2.11. The number of Topliss-reactive ketones (excluding diaryl/α,β-unsaturated/α-hetero) is 2. The SMILES string of the molecule is C=C(C(=O)CBr)C(=O)CBr.N.N. The van der Waals surface area contributed by atoms with Gasteiger partial charge in [0.05, 0.1) is 16.2 Å². The molecular formula is C6H12Br2N2O2. The summed E-state index contributed by atoms with van der Waals surface area (Å²) in [6.45, 7) is 3.34. The molecule has 72 valence electrons. The number of ketones is 2. The normalized spacial score (nSPS) is 7.50. The fourth-order valence-electron chi connectivity index (χ4n) is 0.317. The third kappa shape index (κ3) is 5.59. The molecule has 0 aliphatic carbocycles. The van der Waals surface area contributed by atoms with Gasteiger partial charge in [0.1, 0.15) is 0 Å². The van der Waals surface area contributed by atoms with Crippen LogP contribution in [0.25, 0.3) is 0 Å². The van der Waals surface area contributed by atoms with Gasteiger partial charge in [-0.15, -0.1) is 0 Å². The molecule has 0 amide bonds. The molecule has 0 aromatic carbocycles. The standard InChI is InChI=1S/C6H6Br2O2.2H3N/c1-4(5(9)2-7)6(10)3-8;;/h1-3H2;2*1H3. The van der Waals surface area contributed by atoms with Crippen molar-refractivity contribution in [2.45, 2.75) is 0 Å². The number of allylic oxidation sites excluding steroid dienone is 1. The average molecular weight is 304 g/mol. The first-order chi connectivity index (χ1) is 4.63. The van der Waals surface area contributed by atoms with Crippen LogP contribution in [0.2, 0.25) is 0 Å². The lowest BCUT2D eigenvalue weighted by Gasteiger charge is -1.95. The van der Waals surface area contributed by atoms with E-state index in [1.807, 2.05) is 0 Å². The van der Waals surface area contributed by atoms with E-state index in [1.165, 1.54) is 0 Å². The van der Waals surface area contributed by atoms with Crippen molar-refractivity contribution in [2.24, 2.45) is 0 Å². The molecule has 0 aliphatic heterocycles. The molecule has 0 bridgehead atoms. The highest BCUT2D eigenvalue weighted by atomic mass is 79.9. The second kappa shape index (κ2) is 9.05. The topological polar surface area (TPSA) is 104 Å². The van der Waals surface area contributed by atoms with E-state index in [-0.39, 0.29) is 40.1 Å². The van der Waals surface area contributed by atoms with Crippen LogP contribution in [0.15, 0.2) is 12.2 Å². The predicted octanol–water partition coefficient (Wildman–Crippen LogP) is 1.79. The van der Waals surface area contributed by atoms with Crippen LogP contribution in [-0.4, -0.2) is 22.2 Å². The molecule has 0 saturated heterocycles. The number of hydrogen-bond acceptors (Lipinski definition) is 4. The quantitative estimate of drug-likeness (QED) is 0.357. The second-order valence-electron chi connectivity index (χ2n) is 1.59. The van der Waals surface area contributed by atoms with Crippen LogP contribution < -0.4 is 12.3 Å². The van der Waals surface area contributed by atoms with Crippen LogP contribution in [0.1, 0.15) is 0 Å². The first-order valence-electron chi connectivity index (χ1n) is 2.50. The van der Waals surface area contributed by atoms with E-state index in [1.54, 1.807) is 0 Å². The van der Waals surface area contributed by atoms with Crippen LogP contribution in [-0.2, 0) is 9.59 Å². The summed E-state index contributed by atoms with van der Waals surface area (Å²) in [7, 11) is 0. The zero-order chi connectivity index (χ0) is 8.15. The minimum Gasteiger partial charge on any atom is -0.344 e. The minimum atomic E-state index is -0.260. The third-order valence-corrected chi connectivity index (χ3v) is 1.93. The molecule has 0 fully saturated rings. The van der Waals surface area contributed by atoms with Gasteiger partial charge in [-0.1, -0.05) is 38.4 Å². The molecular weight excluding hydrogens is 292 g/mol. The Bertz CT molecular complexity index is 164. The molecule has 0 aromatic heterocycles. The van der Waals surface area contributed by atoms with Crippen molar-refractivity contribution in [2.75, 3.05) is 10.7 Å². The Morgan fingerprint density at radius 1 is 1.00 bits per heavy atom. The highest BCUT2D eigenvalue weighted by molar-refractivity contribution is 9.09. The monoisotopic (exact) mass is 302 g/mol. The molecule has 0 aliphatic rings. The van der Waals surface area contributed by atoms with E-state index in [9.17, 15) is 9.59 Å². The summed E-state index contributed by atoms with van der Waals surface area (Å²) in [6.07, 6.45) is 0. The van der Waals surface area contributed by atoms with Crippen molar-refractivity contribution in [3.05, 3.63) is 12.2 Å². The van der Waals surface area contributed by atoms with Crippen molar-refractivity contribution in [1.82, 2.24) is 12.3 Å². The molecule has 6 heteroatoms. The molecule has 4 nitrogen and oxygen atoms in total. The molecule has 0 aromatic rings. The summed E-state index contributed by atoms with van der Waals surface area (Å²) < 4.78 is 0. The summed E-state index contributed by atoms with van der Waals surface area (Å²) >= 11 is 5.87. The number of alkyl halides is 2. The van der Waals surface area contributed by atoms with Crippen molar-refractivity contribution < 1.29 is 9.59 Å². The molecule has 0 atom stereocenters. The van der Waals surface area contributed by atoms with Crippen LogP contribution in [0.3, 0.4) is 0 Å². The van der Waals surface area contributed by atoms with Crippen LogP contribution in [0.4, 0.5) is 0 Å². The maximum absolute atomic E-state index is 10.7. The van der Waals surface area contributed by atoms with E-state index < -0.39 is 0 Å². The average Bonchev–Trinajstić information content (AvgIpc) is 2.00. The van der Waals surface area contributed by atoms with Gasteiger partial charge in [-0.3, -0.25) is 9.59 Å². The van der Waals surface area contributed by atoms with E-state index in [0.29, 0.717) is 0 Å². The summed E-state index contributed by atoms with van der Waals surface area (Å²) in [6, 6.07) is 0. The largest absolute Gasteiger partial charge is 0.344 e. The van der Waals surface area contributed by atoms with Gasteiger partial charge in [0.25, 0.3) is 0 Å². The smallest absolute Gasteiger partial charge is 0.176 e. The summed E-state index contributed by atoms with van der Waals surface area (Å²) in [5, 5.41) is 0.315. The zero-order valence-corrected chi connectivity index (χ0v) is 9.78. The van der Waals surface area contributed by atoms with E-state index in [0.717, 1.165) is 0 Å².